The molecule has 0 atom stereocenters. The number of rotatable bonds is 3. The summed E-state index contributed by atoms with van der Waals surface area (Å²) in [4.78, 5) is 18.3. The van der Waals surface area contributed by atoms with Crippen molar-refractivity contribution in [2.45, 2.75) is 6.61 Å². The van der Waals surface area contributed by atoms with Crippen LogP contribution in [0, 0.1) is 0 Å². The molecular weight excluding hydrogens is 324 g/mol. The number of benzene rings is 1. The highest BCUT2D eigenvalue weighted by Gasteiger charge is 2.22. The summed E-state index contributed by atoms with van der Waals surface area (Å²) in [5, 5.41) is 2.86. The Morgan fingerprint density at radius 2 is 2.17 bits per heavy atom. The van der Waals surface area contributed by atoms with Crippen LogP contribution in [0.3, 0.4) is 0 Å². The number of anilines is 1. The molecule has 1 aromatic carbocycles. The van der Waals surface area contributed by atoms with E-state index in [4.69, 9.17) is 9.47 Å². The Morgan fingerprint density at radius 1 is 1.29 bits per heavy atom. The zero-order chi connectivity index (χ0) is 16.5. The number of hydrogen-bond acceptors (Lipinski definition) is 5. The first-order chi connectivity index (χ1) is 11.7. The van der Waals surface area contributed by atoms with E-state index in [0.29, 0.717) is 23.1 Å². The second kappa shape index (κ2) is 5.98. The van der Waals surface area contributed by atoms with Gasteiger partial charge in [0.1, 0.15) is 12.4 Å². The maximum absolute atomic E-state index is 12.5. The first kappa shape index (κ1) is 14.7. The molecule has 0 aliphatic carbocycles. The van der Waals surface area contributed by atoms with Gasteiger partial charge in [-0.05, 0) is 24.3 Å². The number of pyridine rings is 1. The van der Waals surface area contributed by atoms with Crippen LogP contribution in [0.2, 0.25) is 0 Å². The number of para-hydroxylation sites is 1. The van der Waals surface area contributed by atoms with Crippen molar-refractivity contribution >= 4 is 22.9 Å². The van der Waals surface area contributed by atoms with E-state index in [9.17, 15) is 4.79 Å². The van der Waals surface area contributed by atoms with Gasteiger partial charge in [0.2, 0.25) is 5.88 Å². The minimum atomic E-state index is -0.154. The average Bonchev–Trinajstić information content (AvgIpc) is 3.07. The molecule has 0 saturated carbocycles. The van der Waals surface area contributed by atoms with Crippen LogP contribution in [-0.4, -0.2) is 18.0 Å². The molecule has 0 bridgehead atoms. The molecule has 1 amide bonds. The van der Waals surface area contributed by atoms with Gasteiger partial charge >= 0.3 is 0 Å². The number of amides is 1. The zero-order valence-electron chi connectivity index (χ0n) is 12.9. The first-order valence-electron chi connectivity index (χ1n) is 7.41. The minimum absolute atomic E-state index is 0.154. The Bertz CT molecular complexity index is 903. The number of hydrogen-bond donors (Lipinski definition) is 1. The van der Waals surface area contributed by atoms with Crippen molar-refractivity contribution in [3.63, 3.8) is 0 Å². The SMILES string of the molecule is COc1ccc(NC(=O)c2cc3c(s2)-c2ccccc2OC3)cn1. The molecule has 120 valence electrons. The standard InChI is InChI=1S/C18H14N2O3S/c1-22-16-7-6-12(9-19-16)20-18(21)15-8-11-10-23-14-5-3-2-4-13(14)17(11)24-15/h2-9H,10H2,1H3,(H,20,21). The second-order valence-electron chi connectivity index (χ2n) is 5.29. The molecular formula is C18H14N2O3S. The van der Waals surface area contributed by atoms with Crippen LogP contribution in [0.5, 0.6) is 11.6 Å². The van der Waals surface area contributed by atoms with Gasteiger partial charge in [-0.25, -0.2) is 4.98 Å². The molecule has 3 heterocycles. The van der Waals surface area contributed by atoms with Crippen molar-refractivity contribution in [2.24, 2.45) is 0 Å². The van der Waals surface area contributed by atoms with Crippen LogP contribution >= 0.6 is 11.3 Å². The molecule has 0 unspecified atom stereocenters. The second-order valence-corrected chi connectivity index (χ2v) is 6.35. The van der Waals surface area contributed by atoms with Gasteiger partial charge in [0.25, 0.3) is 5.91 Å². The third-order valence-electron chi connectivity index (χ3n) is 3.75. The molecule has 4 rings (SSSR count). The molecule has 0 saturated heterocycles. The Hall–Kier alpha value is -2.86. The van der Waals surface area contributed by atoms with Gasteiger partial charge in [-0.1, -0.05) is 12.1 Å². The van der Waals surface area contributed by atoms with Crippen molar-refractivity contribution in [3.8, 4) is 22.1 Å². The van der Waals surface area contributed by atoms with E-state index >= 15 is 0 Å². The van der Waals surface area contributed by atoms with Gasteiger partial charge in [0, 0.05) is 22.1 Å². The highest BCUT2D eigenvalue weighted by Crippen LogP contribution is 2.42. The Kier molecular flexibility index (Phi) is 3.66. The Balaban J connectivity index is 1.59. The summed E-state index contributed by atoms with van der Waals surface area (Å²) in [6.45, 7) is 0.486. The summed E-state index contributed by atoms with van der Waals surface area (Å²) in [5.74, 6) is 1.21. The van der Waals surface area contributed by atoms with E-state index in [2.05, 4.69) is 10.3 Å². The first-order valence-corrected chi connectivity index (χ1v) is 8.22. The van der Waals surface area contributed by atoms with Crippen molar-refractivity contribution in [2.75, 3.05) is 12.4 Å². The third-order valence-corrected chi connectivity index (χ3v) is 4.96. The van der Waals surface area contributed by atoms with E-state index in [1.807, 2.05) is 30.3 Å². The van der Waals surface area contributed by atoms with Gasteiger partial charge in [-0.15, -0.1) is 11.3 Å². The largest absolute Gasteiger partial charge is 0.488 e. The molecule has 0 spiro atoms. The van der Waals surface area contributed by atoms with Crippen molar-refractivity contribution in [3.05, 3.63) is 59.1 Å². The molecule has 2 aromatic heterocycles. The number of nitrogens with one attached hydrogen (secondary N) is 1. The van der Waals surface area contributed by atoms with Gasteiger partial charge in [-0.3, -0.25) is 4.79 Å². The summed E-state index contributed by atoms with van der Waals surface area (Å²) < 4.78 is 10.7. The van der Waals surface area contributed by atoms with Crippen LogP contribution < -0.4 is 14.8 Å². The van der Waals surface area contributed by atoms with Gasteiger partial charge in [-0.2, -0.15) is 0 Å². The molecule has 5 nitrogen and oxygen atoms in total. The summed E-state index contributed by atoms with van der Waals surface area (Å²) in [5.41, 5.74) is 2.70. The lowest BCUT2D eigenvalue weighted by molar-refractivity contribution is 0.103. The number of nitrogens with zero attached hydrogens (tertiary/aromatic N) is 1. The van der Waals surface area contributed by atoms with Gasteiger partial charge in [0.05, 0.1) is 23.9 Å². The Morgan fingerprint density at radius 3 is 2.96 bits per heavy atom. The fourth-order valence-corrected chi connectivity index (χ4v) is 3.67. The van der Waals surface area contributed by atoms with Crippen LogP contribution in [-0.2, 0) is 6.61 Å². The molecule has 6 heteroatoms. The number of methoxy groups -OCH3 is 1. The van der Waals surface area contributed by atoms with Gasteiger partial charge in [0.15, 0.2) is 0 Å². The normalized spacial score (nSPS) is 11.9. The number of carbonyl (C=O) groups excluding carboxylic acids is 1. The average molecular weight is 338 g/mol. The number of fused-ring (bicyclic) bond motifs is 3. The molecule has 3 aromatic rings. The highest BCUT2D eigenvalue weighted by atomic mass is 32.1. The smallest absolute Gasteiger partial charge is 0.265 e. The maximum Gasteiger partial charge on any atom is 0.265 e. The van der Waals surface area contributed by atoms with Crippen molar-refractivity contribution in [1.29, 1.82) is 0 Å². The molecule has 24 heavy (non-hydrogen) atoms. The van der Waals surface area contributed by atoms with Crippen molar-refractivity contribution in [1.82, 2.24) is 4.98 Å². The number of aromatic nitrogens is 1. The van der Waals surface area contributed by atoms with Crippen LogP contribution in [0.25, 0.3) is 10.4 Å². The Labute approximate surface area is 142 Å². The predicted molar refractivity (Wildman–Crippen MR) is 92.8 cm³/mol. The number of ether oxygens (including phenoxy) is 2. The van der Waals surface area contributed by atoms with Crippen molar-refractivity contribution < 1.29 is 14.3 Å². The molecule has 1 aliphatic rings. The summed E-state index contributed by atoms with van der Waals surface area (Å²) in [6, 6.07) is 13.2. The van der Waals surface area contributed by atoms with E-state index in [1.165, 1.54) is 11.3 Å². The topological polar surface area (TPSA) is 60.5 Å². The predicted octanol–water partition coefficient (Wildman–Crippen LogP) is 3.96. The fourth-order valence-electron chi connectivity index (χ4n) is 2.58. The zero-order valence-corrected chi connectivity index (χ0v) is 13.7. The molecule has 1 N–H and O–H groups in total. The number of thiophene rings is 1. The lowest BCUT2D eigenvalue weighted by atomic mass is 10.1. The third kappa shape index (κ3) is 2.61. The van der Waals surface area contributed by atoms with Crippen LogP contribution in [0.4, 0.5) is 5.69 Å². The minimum Gasteiger partial charge on any atom is -0.488 e. The monoisotopic (exact) mass is 338 g/mol. The highest BCUT2D eigenvalue weighted by molar-refractivity contribution is 7.17. The quantitative estimate of drug-likeness (QED) is 0.785. The lowest BCUT2D eigenvalue weighted by Crippen LogP contribution is -2.10. The summed E-state index contributed by atoms with van der Waals surface area (Å²) >= 11 is 1.48. The maximum atomic E-state index is 12.5. The summed E-state index contributed by atoms with van der Waals surface area (Å²) in [6.07, 6.45) is 1.57. The van der Waals surface area contributed by atoms with E-state index < -0.39 is 0 Å². The van der Waals surface area contributed by atoms with E-state index in [0.717, 1.165) is 21.8 Å². The molecule has 1 aliphatic heterocycles. The number of carbonyl (C=O) groups is 1. The van der Waals surface area contributed by atoms with E-state index in [1.54, 1.807) is 25.4 Å². The fraction of sp³-hybridized carbons (Fsp3) is 0.111. The molecule has 0 radical (unpaired) electrons. The van der Waals surface area contributed by atoms with E-state index in [-0.39, 0.29) is 5.91 Å². The lowest BCUT2D eigenvalue weighted by Gasteiger charge is -2.16. The van der Waals surface area contributed by atoms with Crippen LogP contribution in [0.1, 0.15) is 15.2 Å². The van der Waals surface area contributed by atoms with Gasteiger partial charge < -0.3 is 14.8 Å². The summed E-state index contributed by atoms with van der Waals surface area (Å²) in [7, 11) is 1.55. The van der Waals surface area contributed by atoms with Crippen LogP contribution in [0.15, 0.2) is 48.7 Å². The molecule has 0 fully saturated rings.